The number of aliphatic hydroxyl groups excluding tert-OH is 1. The van der Waals surface area contributed by atoms with Crippen LogP contribution in [0, 0.1) is 5.92 Å². The molecule has 0 aliphatic heterocycles. The first kappa shape index (κ1) is 25.0. The summed E-state index contributed by atoms with van der Waals surface area (Å²) >= 11 is 0. The van der Waals surface area contributed by atoms with Crippen molar-refractivity contribution in [1.29, 1.82) is 0 Å². The van der Waals surface area contributed by atoms with Crippen LogP contribution in [0.1, 0.15) is 32.9 Å². The molecule has 8 N–H and O–H groups in total. The number of hydrogen-bond acceptors (Lipinski definition) is 7. The van der Waals surface area contributed by atoms with Crippen LogP contribution in [0.5, 0.6) is 0 Å². The normalized spacial score (nSPS) is 15.0. The third kappa shape index (κ3) is 8.57. The van der Waals surface area contributed by atoms with Crippen LogP contribution in [0.2, 0.25) is 0 Å². The Morgan fingerprint density at radius 2 is 1.80 bits per heavy atom. The smallest absolute Gasteiger partial charge is 0.322 e. The maximum atomic E-state index is 12.8. The third-order valence-corrected chi connectivity index (χ3v) is 4.15. The third-order valence-electron chi connectivity index (χ3n) is 4.15. The number of nitrogens with two attached hydrogens (primary N) is 1. The summed E-state index contributed by atoms with van der Waals surface area (Å²) in [6, 6.07) is -3.35. The molecule has 0 fully saturated rings. The number of H-pyrrole nitrogens is 1. The molecule has 30 heavy (non-hydrogen) atoms. The van der Waals surface area contributed by atoms with Gasteiger partial charge in [0.2, 0.25) is 17.7 Å². The van der Waals surface area contributed by atoms with Crippen molar-refractivity contribution in [2.75, 3.05) is 6.54 Å². The Hall–Kier alpha value is -2.99. The first-order chi connectivity index (χ1) is 14.0. The Labute approximate surface area is 174 Å². The Kier molecular flexibility index (Phi) is 9.92. The van der Waals surface area contributed by atoms with Gasteiger partial charge in [-0.15, -0.1) is 0 Å². The number of amides is 3. The zero-order chi connectivity index (χ0) is 22.8. The standard InChI is InChI=1S/C18H30N6O6/c1-9(2)4-12(19)16(28)23-13(5-11-6-20-8-22-11)17(29)24-15(10(3)25)18(30)21-7-14(26)27/h6,8-10,12-13,15,25H,4-5,7,19H2,1-3H3,(H,20,22)(H,21,30)(H,23,28)(H,24,29)(H,26,27). The van der Waals surface area contributed by atoms with Crippen LogP contribution >= 0.6 is 0 Å². The molecule has 3 amide bonds. The number of aromatic amines is 1. The predicted octanol–water partition coefficient (Wildman–Crippen LogP) is -2.12. The molecule has 0 spiro atoms. The monoisotopic (exact) mass is 426 g/mol. The fraction of sp³-hybridized carbons (Fsp3) is 0.611. The van der Waals surface area contributed by atoms with Gasteiger partial charge in [0, 0.05) is 18.3 Å². The molecule has 0 saturated heterocycles. The summed E-state index contributed by atoms with van der Waals surface area (Å²) in [4.78, 5) is 54.7. The Bertz CT molecular complexity index is 721. The van der Waals surface area contributed by atoms with Gasteiger partial charge in [-0.1, -0.05) is 13.8 Å². The highest BCUT2D eigenvalue weighted by atomic mass is 16.4. The van der Waals surface area contributed by atoms with Crippen molar-refractivity contribution in [2.24, 2.45) is 11.7 Å². The number of carboxylic acid groups (broad SMARTS) is 1. The molecule has 4 unspecified atom stereocenters. The number of carbonyl (C=O) groups excluding carboxylic acids is 3. The number of aromatic nitrogens is 2. The second-order valence-electron chi connectivity index (χ2n) is 7.42. The maximum absolute atomic E-state index is 12.8. The second-order valence-corrected chi connectivity index (χ2v) is 7.42. The van der Waals surface area contributed by atoms with Gasteiger partial charge >= 0.3 is 5.97 Å². The number of carbonyl (C=O) groups is 4. The van der Waals surface area contributed by atoms with Gasteiger partial charge in [-0.2, -0.15) is 0 Å². The number of hydrogen-bond donors (Lipinski definition) is 7. The fourth-order valence-corrected chi connectivity index (χ4v) is 2.65. The van der Waals surface area contributed by atoms with E-state index in [1.165, 1.54) is 19.4 Å². The van der Waals surface area contributed by atoms with Crippen molar-refractivity contribution in [2.45, 2.75) is 57.8 Å². The van der Waals surface area contributed by atoms with Crippen LogP contribution in [-0.4, -0.2) is 74.6 Å². The fourth-order valence-electron chi connectivity index (χ4n) is 2.65. The molecule has 12 nitrogen and oxygen atoms in total. The Morgan fingerprint density at radius 1 is 1.13 bits per heavy atom. The molecule has 1 aromatic heterocycles. The molecule has 12 heteroatoms. The zero-order valence-corrected chi connectivity index (χ0v) is 17.2. The van der Waals surface area contributed by atoms with Crippen molar-refractivity contribution in [1.82, 2.24) is 25.9 Å². The molecule has 0 radical (unpaired) electrons. The average molecular weight is 426 g/mol. The van der Waals surface area contributed by atoms with Crippen molar-refractivity contribution >= 4 is 23.7 Å². The van der Waals surface area contributed by atoms with Crippen molar-refractivity contribution in [3.63, 3.8) is 0 Å². The summed E-state index contributed by atoms with van der Waals surface area (Å²) in [5.74, 6) is -3.26. The summed E-state index contributed by atoms with van der Waals surface area (Å²) in [6.07, 6.45) is 2.03. The number of nitrogens with zero attached hydrogens (tertiary/aromatic N) is 1. The van der Waals surface area contributed by atoms with E-state index in [1.54, 1.807) is 0 Å². The number of nitrogens with one attached hydrogen (secondary N) is 4. The van der Waals surface area contributed by atoms with E-state index in [1.807, 2.05) is 13.8 Å². The predicted molar refractivity (Wildman–Crippen MR) is 106 cm³/mol. The van der Waals surface area contributed by atoms with Gasteiger partial charge in [-0.3, -0.25) is 19.2 Å². The first-order valence-electron chi connectivity index (χ1n) is 9.52. The Morgan fingerprint density at radius 3 is 2.30 bits per heavy atom. The first-order valence-corrected chi connectivity index (χ1v) is 9.52. The lowest BCUT2D eigenvalue weighted by Crippen LogP contribution is -2.59. The SMILES string of the molecule is CC(C)CC(N)C(=O)NC(Cc1cnc[nH]1)C(=O)NC(C(=O)NCC(=O)O)C(C)O. The van der Waals surface area contributed by atoms with Crippen LogP contribution in [0.4, 0.5) is 0 Å². The molecule has 168 valence electrons. The maximum Gasteiger partial charge on any atom is 0.322 e. The van der Waals surface area contributed by atoms with E-state index >= 15 is 0 Å². The number of rotatable bonds is 12. The summed E-state index contributed by atoms with van der Waals surface area (Å²) < 4.78 is 0. The van der Waals surface area contributed by atoms with E-state index in [9.17, 15) is 24.3 Å². The number of aliphatic carboxylic acids is 1. The summed E-state index contributed by atoms with van der Waals surface area (Å²) in [5, 5.41) is 25.5. The van der Waals surface area contributed by atoms with Gasteiger partial charge in [0.25, 0.3) is 0 Å². The highest BCUT2D eigenvalue weighted by Gasteiger charge is 2.31. The summed E-state index contributed by atoms with van der Waals surface area (Å²) in [6.45, 7) is 4.42. The van der Waals surface area contributed by atoms with Crippen LogP contribution in [0.15, 0.2) is 12.5 Å². The van der Waals surface area contributed by atoms with Crippen molar-refractivity contribution in [3.05, 3.63) is 18.2 Å². The molecule has 0 aliphatic rings. The molecule has 0 aromatic carbocycles. The number of imidazole rings is 1. The van der Waals surface area contributed by atoms with Crippen LogP contribution in [0.3, 0.4) is 0 Å². The van der Waals surface area contributed by atoms with Gasteiger partial charge in [0.1, 0.15) is 18.6 Å². The van der Waals surface area contributed by atoms with Crippen molar-refractivity contribution < 1.29 is 29.4 Å². The zero-order valence-electron chi connectivity index (χ0n) is 17.2. The van der Waals surface area contributed by atoms with Crippen LogP contribution < -0.4 is 21.7 Å². The lowest BCUT2D eigenvalue weighted by Gasteiger charge is -2.25. The van der Waals surface area contributed by atoms with Gasteiger partial charge in [-0.25, -0.2) is 4.98 Å². The highest BCUT2D eigenvalue weighted by molar-refractivity contribution is 5.94. The van der Waals surface area contributed by atoms with E-state index in [0.29, 0.717) is 12.1 Å². The van der Waals surface area contributed by atoms with Crippen LogP contribution in [0.25, 0.3) is 0 Å². The highest BCUT2D eigenvalue weighted by Crippen LogP contribution is 2.05. The molecule has 0 saturated carbocycles. The molecule has 1 aromatic rings. The minimum absolute atomic E-state index is 0.0370. The van der Waals surface area contributed by atoms with Gasteiger partial charge < -0.3 is 36.9 Å². The molecule has 0 bridgehead atoms. The second kappa shape index (κ2) is 11.9. The van der Waals surface area contributed by atoms with E-state index in [2.05, 4.69) is 25.9 Å². The lowest BCUT2D eigenvalue weighted by atomic mass is 10.0. The lowest BCUT2D eigenvalue weighted by molar-refractivity contribution is -0.139. The van der Waals surface area contributed by atoms with E-state index in [0.717, 1.165) is 0 Å². The van der Waals surface area contributed by atoms with Crippen molar-refractivity contribution in [3.8, 4) is 0 Å². The Balaban J connectivity index is 2.92. The van der Waals surface area contributed by atoms with Gasteiger partial charge in [-0.05, 0) is 19.3 Å². The molecule has 1 rings (SSSR count). The van der Waals surface area contributed by atoms with E-state index in [-0.39, 0.29) is 12.3 Å². The van der Waals surface area contributed by atoms with Gasteiger partial charge in [0.15, 0.2) is 0 Å². The topological polar surface area (TPSA) is 200 Å². The minimum atomic E-state index is -1.41. The van der Waals surface area contributed by atoms with E-state index < -0.39 is 54.5 Å². The van der Waals surface area contributed by atoms with Gasteiger partial charge in [0.05, 0.1) is 18.5 Å². The summed E-state index contributed by atoms with van der Waals surface area (Å²) in [7, 11) is 0. The molecular formula is C18H30N6O6. The molecule has 0 aliphatic carbocycles. The minimum Gasteiger partial charge on any atom is -0.480 e. The summed E-state index contributed by atoms with van der Waals surface area (Å²) in [5.41, 5.74) is 6.43. The van der Waals surface area contributed by atoms with Crippen LogP contribution in [-0.2, 0) is 25.6 Å². The molecular weight excluding hydrogens is 396 g/mol. The molecule has 4 atom stereocenters. The largest absolute Gasteiger partial charge is 0.480 e. The quantitative estimate of drug-likeness (QED) is 0.196. The number of carboxylic acids is 1. The molecule has 1 heterocycles. The number of aliphatic hydroxyl groups is 1. The van der Waals surface area contributed by atoms with E-state index in [4.69, 9.17) is 10.8 Å². The average Bonchev–Trinajstić information content (AvgIpc) is 3.15.